The van der Waals surface area contributed by atoms with E-state index < -0.39 is 11.6 Å². The van der Waals surface area contributed by atoms with Crippen LogP contribution in [-0.2, 0) is 6.54 Å². The lowest BCUT2D eigenvalue weighted by molar-refractivity contribution is 0.0705. The van der Waals surface area contributed by atoms with E-state index in [9.17, 15) is 9.90 Å². The minimum atomic E-state index is -0.714. The number of amides is 1. The Morgan fingerprint density at radius 1 is 1.71 bits per heavy atom. The van der Waals surface area contributed by atoms with Gasteiger partial charge in [0, 0.05) is 6.54 Å². The Balaban J connectivity index is 2.69. The molecular weight excluding hydrogens is 222 g/mol. The standard InChI is InChI=1S/C10H19N5O2/c1-7(16)10(2,3)12-9(17)8-6-15(5-4-11)14-13-8/h6-7,16H,4-5,11H2,1-3H3,(H,12,17). The number of carbonyl (C=O) groups is 1. The minimum absolute atomic E-state index is 0.215. The number of carbonyl (C=O) groups excluding carboxylic acids is 1. The first-order valence-corrected chi connectivity index (χ1v) is 5.47. The van der Waals surface area contributed by atoms with E-state index in [0.29, 0.717) is 13.1 Å². The zero-order valence-corrected chi connectivity index (χ0v) is 10.3. The Morgan fingerprint density at radius 3 is 2.88 bits per heavy atom. The van der Waals surface area contributed by atoms with Crippen molar-refractivity contribution in [2.75, 3.05) is 6.54 Å². The molecule has 1 amide bonds. The van der Waals surface area contributed by atoms with Gasteiger partial charge in [0.2, 0.25) is 0 Å². The summed E-state index contributed by atoms with van der Waals surface area (Å²) in [6.45, 7) is 6.04. The summed E-state index contributed by atoms with van der Waals surface area (Å²) in [5.41, 5.74) is 4.87. The third kappa shape index (κ3) is 3.50. The monoisotopic (exact) mass is 241 g/mol. The lowest BCUT2D eigenvalue weighted by Crippen LogP contribution is -2.51. The summed E-state index contributed by atoms with van der Waals surface area (Å²) in [7, 11) is 0. The second-order valence-corrected chi connectivity index (χ2v) is 4.51. The smallest absolute Gasteiger partial charge is 0.273 e. The number of rotatable bonds is 5. The van der Waals surface area contributed by atoms with Crippen molar-refractivity contribution < 1.29 is 9.90 Å². The fraction of sp³-hybridized carbons (Fsp3) is 0.700. The van der Waals surface area contributed by atoms with Crippen molar-refractivity contribution in [3.05, 3.63) is 11.9 Å². The van der Waals surface area contributed by atoms with Gasteiger partial charge in [-0.05, 0) is 20.8 Å². The molecule has 0 saturated heterocycles. The quantitative estimate of drug-likeness (QED) is 0.621. The Morgan fingerprint density at radius 2 is 2.35 bits per heavy atom. The number of aliphatic hydroxyl groups is 1. The highest BCUT2D eigenvalue weighted by Gasteiger charge is 2.27. The summed E-state index contributed by atoms with van der Waals surface area (Å²) < 4.78 is 1.50. The van der Waals surface area contributed by atoms with Crippen LogP contribution in [-0.4, -0.2) is 44.2 Å². The molecular formula is C10H19N5O2. The van der Waals surface area contributed by atoms with Gasteiger partial charge in [-0.3, -0.25) is 9.48 Å². The molecule has 7 heteroatoms. The van der Waals surface area contributed by atoms with E-state index in [0.717, 1.165) is 0 Å². The summed E-state index contributed by atoms with van der Waals surface area (Å²) in [4.78, 5) is 11.8. The molecule has 0 bridgehead atoms. The van der Waals surface area contributed by atoms with E-state index in [2.05, 4.69) is 15.6 Å². The number of hydrogen-bond acceptors (Lipinski definition) is 5. The van der Waals surface area contributed by atoms with Crippen LogP contribution in [0.4, 0.5) is 0 Å². The average molecular weight is 241 g/mol. The highest BCUT2D eigenvalue weighted by Crippen LogP contribution is 2.09. The maximum Gasteiger partial charge on any atom is 0.273 e. The summed E-state index contributed by atoms with van der Waals surface area (Å²) in [6, 6.07) is 0. The molecule has 1 unspecified atom stereocenters. The van der Waals surface area contributed by atoms with Gasteiger partial charge in [-0.1, -0.05) is 5.21 Å². The van der Waals surface area contributed by atoms with E-state index in [-0.39, 0.29) is 11.6 Å². The van der Waals surface area contributed by atoms with Gasteiger partial charge in [0.1, 0.15) is 0 Å². The van der Waals surface area contributed by atoms with Gasteiger partial charge in [0.15, 0.2) is 5.69 Å². The third-order valence-corrected chi connectivity index (χ3v) is 2.61. The second kappa shape index (κ2) is 5.24. The van der Waals surface area contributed by atoms with Crippen LogP contribution in [0, 0.1) is 0 Å². The number of nitrogens with one attached hydrogen (secondary N) is 1. The Hall–Kier alpha value is -1.47. The van der Waals surface area contributed by atoms with Crippen LogP contribution in [0.15, 0.2) is 6.20 Å². The predicted octanol–water partition coefficient (Wildman–Crippen LogP) is -0.874. The van der Waals surface area contributed by atoms with E-state index in [1.54, 1.807) is 20.8 Å². The number of aromatic nitrogens is 3. The molecule has 0 aromatic carbocycles. The lowest BCUT2D eigenvalue weighted by atomic mass is 9.99. The molecule has 0 aliphatic carbocycles. The average Bonchev–Trinajstić information content (AvgIpc) is 2.66. The van der Waals surface area contributed by atoms with Gasteiger partial charge in [0.25, 0.3) is 5.91 Å². The van der Waals surface area contributed by atoms with Crippen LogP contribution in [0.5, 0.6) is 0 Å². The van der Waals surface area contributed by atoms with Gasteiger partial charge >= 0.3 is 0 Å². The van der Waals surface area contributed by atoms with Crippen molar-refractivity contribution in [1.82, 2.24) is 20.3 Å². The van der Waals surface area contributed by atoms with Crippen LogP contribution < -0.4 is 11.1 Å². The maximum absolute atomic E-state index is 11.8. The molecule has 1 heterocycles. The largest absolute Gasteiger partial charge is 0.391 e. The zero-order chi connectivity index (χ0) is 13.1. The van der Waals surface area contributed by atoms with E-state index in [4.69, 9.17) is 5.73 Å². The molecule has 0 spiro atoms. The van der Waals surface area contributed by atoms with Crippen molar-refractivity contribution in [2.24, 2.45) is 5.73 Å². The first-order chi connectivity index (χ1) is 7.86. The fourth-order valence-corrected chi connectivity index (χ4v) is 1.11. The van der Waals surface area contributed by atoms with Crippen molar-refractivity contribution in [3.8, 4) is 0 Å². The summed E-state index contributed by atoms with van der Waals surface area (Å²) in [5, 5.41) is 19.7. The van der Waals surface area contributed by atoms with E-state index in [1.807, 2.05) is 0 Å². The van der Waals surface area contributed by atoms with Crippen molar-refractivity contribution in [3.63, 3.8) is 0 Å². The van der Waals surface area contributed by atoms with Crippen LogP contribution in [0.1, 0.15) is 31.3 Å². The van der Waals surface area contributed by atoms with Crippen LogP contribution in [0.3, 0.4) is 0 Å². The zero-order valence-electron chi connectivity index (χ0n) is 10.3. The molecule has 1 aromatic heterocycles. The topological polar surface area (TPSA) is 106 Å². The van der Waals surface area contributed by atoms with Crippen LogP contribution >= 0.6 is 0 Å². The molecule has 0 fully saturated rings. The molecule has 0 saturated carbocycles. The van der Waals surface area contributed by atoms with E-state index >= 15 is 0 Å². The lowest BCUT2D eigenvalue weighted by Gasteiger charge is -2.28. The summed E-state index contributed by atoms with van der Waals surface area (Å²) >= 11 is 0. The first kappa shape index (κ1) is 13.6. The first-order valence-electron chi connectivity index (χ1n) is 5.47. The van der Waals surface area contributed by atoms with Crippen molar-refractivity contribution >= 4 is 5.91 Å². The van der Waals surface area contributed by atoms with Crippen LogP contribution in [0.2, 0.25) is 0 Å². The molecule has 17 heavy (non-hydrogen) atoms. The van der Waals surface area contributed by atoms with Crippen molar-refractivity contribution in [1.29, 1.82) is 0 Å². The van der Waals surface area contributed by atoms with E-state index in [1.165, 1.54) is 10.9 Å². The Labute approximate surface area is 100.0 Å². The summed E-state index contributed by atoms with van der Waals surface area (Å²) in [5.74, 6) is -0.362. The molecule has 0 aliphatic heterocycles. The molecule has 0 aliphatic rings. The molecule has 1 aromatic rings. The minimum Gasteiger partial charge on any atom is -0.391 e. The molecule has 1 atom stereocenters. The van der Waals surface area contributed by atoms with Gasteiger partial charge in [-0.2, -0.15) is 0 Å². The number of aliphatic hydroxyl groups excluding tert-OH is 1. The molecule has 0 radical (unpaired) electrons. The molecule has 96 valence electrons. The number of hydrogen-bond donors (Lipinski definition) is 3. The Kier molecular flexibility index (Phi) is 4.19. The predicted molar refractivity (Wildman–Crippen MR) is 62.3 cm³/mol. The molecule has 7 nitrogen and oxygen atoms in total. The number of nitrogens with two attached hydrogens (primary N) is 1. The van der Waals surface area contributed by atoms with Crippen LogP contribution in [0.25, 0.3) is 0 Å². The third-order valence-electron chi connectivity index (χ3n) is 2.61. The highest BCUT2D eigenvalue weighted by atomic mass is 16.3. The SMILES string of the molecule is CC(O)C(C)(C)NC(=O)c1cn(CCN)nn1. The Bertz CT molecular complexity index is 386. The molecule has 1 rings (SSSR count). The van der Waals surface area contributed by atoms with Gasteiger partial charge in [-0.25, -0.2) is 0 Å². The summed E-state index contributed by atoms with van der Waals surface area (Å²) in [6.07, 6.45) is 0.867. The van der Waals surface area contributed by atoms with Gasteiger partial charge < -0.3 is 16.2 Å². The normalized spacial score (nSPS) is 13.5. The second-order valence-electron chi connectivity index (χ2n) is 4.51. The maximum atomic E-state index is 11.8. The highest BCUT2D eigenvalue weighted by molar-refractivity contribution is 5.92. The number of nitrogens with zero attached hydrogens (tertiary/aromatic N) is 3. The molecule has 4 N–H and O–H groups in total. The van der Waals surface area contributed by atoms with Gasteiger partial charge in [-0.15, -0.1) is 5.10 Å². The van der Waals surface area contributed by atoms with Crippen molar-refractivity contribution in [2.45, 2.75) is 39.0 Å². The fourth-order valence-electron chi connectivity index (χ4n) is 1.11. The van der Waals surface area contributed by atoms with Gasteiger partial charge in [0.05, 0.1) is 24.4 Å².